The predicted octanol–water partition coefficient (Wildman–Crippen LogP) is 2.66. The average Bonchev–Trinajstić information content (AvgIpc) is 2.16. The minimum Gasteiger partial charge on any atom is -0.378 e. The Morgan fingerprint density at radius 1 is 1.20 bits per heavy atom. The Bertz CT molecular complexity index is 508. The molecule has 0 amide bonds. The van der Waals surface area contributed by atoms with Gasteiger partial charge in [0.15, 0.2) is 0 Å². The summed E-state index contributed by atoms with van der Waals surface area (Å²) >= 11 is 6.07. The number of hydrogen-bond acceptors (Lipinski definition) is 3. The van der Waals surface area contributed by atoms with Gasteiger partial charge in [0.05, 0.1) is 5.52 Å². The van der Waals surface area contributed by atoms with Crippen LogP contribution in [0.5, 0.6) is 0 Å². The molecule has 0 unspecified atom stereocenters. The van der Waals surface area contributed by atoms with Crippen LogP contribution in [0.3, 0.4) is 0 Å². The summed E-state index contributed by atoms with van der Waals surface area (Å²) in [5.74, 6) is 0.699. The van der Waals surface area contributed by atoms with Crippen molar-refractivity contribution in [2.75, 3.05) is 19.0 Å². The second kappa shape index (κ2) is 3.66. The predicted molar refractivity (Wildman–Crippen MR) is 63.6 cm³/mol. The second-order valence-corrected chi connectivity index (χ2v) is 4.02. The largest absolute Gasteiger partial charge is 0.378 e. The minimum atomic E-state index is 0.515. The van der Waals surface area contributed by atoms with E-state index in [2.05, 4.69) is 9.97 Å². The number of anilines is 1. The maximum Gasteiger partial charge on any atom is 0.140 e. The number of aryl methyl sites for hydroxylation is 1. The molecular weight excluding hydrogens is 210 g/mol. The van der Waals surface area contributed by atoms with Crippen molar-refractivity contribution in [3.8, 4) is 0 Å². The van der Waals surface area contributed by atoms with Crippen molar-refractivity contribution in [3.63, 3.8) is 0 Å². The van der Waals surface area contributed by atoms with Crippen LogP contribution in [0, 0.1) is 6.92 Å². The third kappa shape index (κ3) is 1.88. The van der Waals surface area contributed by atoms with Crippen molar-refractivity contribution in [2.24, 2.45) is 0 Å². The third-order valence-corrected chi connectivity index (χ3v) is 2.55. The molecule has 4 heteroatoms. The van der Waals surface area contributed by atoms with Gasteiger partial charge in [-0.05, 0) is 25.1 Å². The first-order chi connectivity index (χ1) is 7.08. The zero-order chi connectivity index (χ0) is 11.0. The number of nitrogens with zero attached hydrogens (tertiary/aromatic N) is 3. The van der Waals surface area contributed by atoms with Gasteiger partial charge in [-0.2, -0.15) is 0 Å². The van der Waals surface area contributed by atoms with Crippen molar-refractivity contribution < 1.29 is 0 Å². The summed E-state index contributed by atoms with van der Waals surface area (Å²) in [6.07, 6.45) is 0. The first-order valence-electron chi connectivity index (χ1n) is 4.69. The van der Waals surface area contributed by atoms with Crippen LogP contribution in [0.15, 0.2) is 18.2 Å². The van der Waals surface area contributed by atoms with Crippen LogP contribution >= 0.6 is 11.6 Å². The van der Waals surface area contributed by atoms with Crippen LogP contribution in [-0.2, 0) is 0 Å². The molecule has 2 rings (SSSR count). The molecule has 0 aliphatic carbocycles. The highest BCUT2D eigenvalue weighted by Gasteiger charge is 2.05. The molecule has 0 spiro atoms. The van der Waals surface area contributed by atoms with Crippen LogP contribution in [0.25, 0.3) is 10.9 Å². The Morgan fingerprint density at radius 3 is 2.60 bits per heavy atom. The monoisotopic (exact) mass is 221 g/mol. The van der Waals surface area contributed by atoms with Gasteiger partial charge in [-0.25, -0.2) is 9.97 Å². The van der Waals surface area contributed by atoms with E-state index in [1.807, 2.05) is 44.1 Å². The van der Waals surface area contributed by atoms with E-state index in [9.17, 15) is 0 Å². The fourth-order valence-corrected chi connectivity index (χ4v) is 1.74. The van der Waals surface area contributed by atoms with E-state index in [0.717, 1.165) is 16.6 Å². The highest BCUT2D eigenvalue weighted by molar-refractivity contribution is 6.34. The lowest BCUT2D eigenvalue weighted by molar-refractivity contribution is 1.09. The second-order valence-electron chi connectivity index (χ2n) is 3.66. The molecule has 78 valence electrons. The van der Waals surface area contributed by atoms with E-state index in [1.54, 1.807) is 0 Å². The van der Waals surface area contributed by atoms with Gasteiger partial charge in [0.2, 0.25) is 0 Å². The molecule has 15 heavy (non-hydrogen) atoms. The molecular formula is C11H12ClN3. The van der Waals surface area contributed by atoms with Crippen LogP contribution in [-0.4, -0.2) is 24.1 Å². The fourth-order valence-electron chi connectivity index (χ4n) is 1.47. The zero-order valence-corrected chi connectivity index (χ0v) is 9.71. The molecule has 2 aromatic rings. The van der Waals surface area contributed by atoms with Crippen molar-refractivity contribution in [1.29, 1.82) is 0 Å². The number of benzene rings is 1. The number of rotatable bonds is 1. The lowest BCUT2D eigenvalue weighted by Gasteiger charge is -2.13. The van der Waals surface area contributed by atoms with Gasteiger partial charge in [0.25, 0.3) is 0 Å². The van der Waals surface area contributed by atoms with E-state index in [0.29, 0.717) is 11.0 Å². The normalized spacial score (nSPS) is 10.7. The lowest BCUT2D eigenvalue weighted by Crippen LogP contribution is -2.08. The molecule has 0 saturated carbocycles. The molecule has 0 aliphatic heterocycles. The first kappa shape index (κ1) is 10.2. The van der Waals surface area contributed by atoms with Crippen molar-refractivity contribution in [2.45, 2.75) is 6.92 Å². The van der Waals surface area contributed by atoms with Crippen LogP contribution in [0.4, 0.5) is 5.69 Å². The van der Waals surface area contributed by atoms with Crippen LogP contribution in [0.2, 0.25) is 5.15 Å². The van der Waals surface area contributed by atoms with Gasteiger partial charge in [0, 0.05) is 25.2 Å². The van der Waals surface area contributed by atoms with Crippen molar-refractivity contribution in [3.05, 3.63) is 29.2 Å². The molecule has 0 N–H and O–H groups in total. The molecule has 3 nitrogen and oxygen atoms in total. The molecule has 0 aliphatic rings. The standard InChI is InChI=1S/C11H12ClN3/c1-7-13-10-5-4-8(15(2)3)6-9(10)11(12)14-7/h4-6H,1-3H3. The van der Waals surface area contributed by atoms with Gasteiger partial charge < -0.3 is 4.90 Å². The lowest BCUT2D eigenvalue weighted by atomic mass is 10.2. The maximum atomic E-state index is 6.07. The van der Waals surface area contributed by atoms with E-state index in [1.165, 1.54) is 0 Å². The topological polar surface area (TPSA) is 29.0 Å². The molecule has 0 fully saturated rings. The van der Waals surface area contributed by atoms with E-state index >= 15 is 0 Å². The molecule has 0 radical (unpaired) electrons. The Morgan fingerprint density at radius 2 is 1.93 bits per heavy atom. The van der Waals surface area contributed by atoms with Crippen LogP contribution in [0.1, 0.15) is 5.82 Å². The summed E-state index contributed by atoms with van der Waals surface area (Å²) in [6.45, 7) is 1.84. The van der Waals surface area contributed by atoms with Gasteiger partial charge in [-0.15, -0.1) is 0 Å². The maximum absolute atomic E-state index is 6.07. The number of aromatic nitrogens is 2. The summed E-state index contributed by atoms with van der Waals surface area (Å²) in [7, 11) is 3.98. The molecule has 1 aromatic heterocycles. The molecule has 1 aromatic carbocycles. The molecule has 0 bridgehead atoms. The van der Waals surface area contributed by atoms with Gasteiger partial charge in [-0.1, -0.05) is 11.6 Å². The van der Waals surface area contributed by atoms with Crippen molar-refractivity contribution >= 4 is 28.2 Å². The molecule has 1 heterocycles. The number of fused-ring (bicyclic) bond motifs is 1. The van der Waals surface area contributed by atoms with E-state index in [-0.39, 0.29) is 0 Å². The van der Waals surface area contributed by atoms with Gasteiger partial charge >= 0.3 is 0 Å². The zero-order valence-electron chi connectivity index (χ0n) is 8.95. The molecule has 0 atom stereocenters. The average molecular weight is 222 g/mol. The summed E-state index contributed by atoms with van der Waals surface area (Å²) in [6, 6.07) is 5.98. The van der Waals surface area contributed by atoms with E-state index < -0.39 is 0 Å². The summed E-state index contributed by atoms with van der Waals surface area (Å²) in [4.78, 5) is 10.5. The summed E-state index contributed by atoms with van der Waals surface area (Å²) in [5.41, 5.74) is 1.98. The Kier molecular flexibility index (Phi) is 2.49. The van der Waals surface area contributed by atoms with Crippen molar-refractivity contribution in [1.82, 2.24) is 9.97 Å². The Balaban J connectivity index is 2.71. The smallest absolute Gasteiger partial charge is 0.140 e. The quantitative estimate of drug-likeness (QED) is 0.694. The number of hydrogen-bond donors (Lipinski definition) is 0. The Labute approximate surface area is 93.7 Å². The van der Waals surface area contributed by atoms with Crippen LogP contribution < -0.4 is 4.90 Å². The highest BCUT2D eigenvalue weighted by atomic mass is 35.5. The van der Waals surface area contributed by atoms with Gasteiger partial charge in [0.1, 0.15) is 11.0 Å². The first-order valence-corrected chi connectivity index (χ1v) is 5.07. The fraction of sp³-hybridized carbons (Fsp3) is 0.273. The summed E-state index contributed by atoms with van der Waals surface area (Å²) < 4.78 is 0. The Hall–Kier alpha value is -1.35. The SMILES string of the molecule is Cc1nc(Cl)c2cc(N(C)C)ccc2n1. The molecule has 0 saturated heterocycles. The minimum absolute atomic E-state index is 0.515. The van der Waals surface area contributed by atoms with Gasteiger partial charge in [-0.3, -0.25) is 0 Å². The van der Waals surface area contributed by atoms with E-state index in [4.69, 9.17) is 11.6 Å². The highest BCUT2D eigenvalue weighted by Crippen LogP contribution is 2.24. The summed E-state index contributed by atoms with van der Waals surface area (Å²) in [5, 5.41) is 1.41. The third-order valence-electron chi connectivity index (χ3n) is 2.26. The number of halogens is 1.